The summed E-state index contributed by atoms with van der Waals surface area (Å²) in [7, 11) is 0. The third-order valence-corrected chi connectivity index (χ3v) is 2.25. The number of nitrogens with zero attached hydrogens (tertiary/aromatic N) is 3. The van der Waals surface area contributed by atoms with Gasteiger partial charge < -0.3 is 11.1 Å². The monoisotopic (exact) mass is 222 g/mol. The highest BCUT2D eigenvalue weighted by atomic mass is 16.2. The molecule has 86 valence electrons. The molecule has 0 atom stereocenters. The van der Waals surface area contributed by atoms with E-state index in [1.165, 1.54) is 4.52 Å². The van der Waals surface area contributed by atoms with E-state index in [4.69, 9.17) is 5.73 Å². The molecule has 2 aromatic rings. The van der Waals surface area contributed by atoms with E-state index in [1.807, 2.05) is 13.8 Å². The van der Waals surface area contributed by atoms with Crippen LogP contribution in [0.2, 0.25) is 0 Å². The molecule has 2 aromatic heterocycles. The van der Waals surface area contributed by atoms with E-state index in [9.17, 15) is 4.79 Å². The Morgan fingerprint density at radius 1 is 1.56 bits per heavy atom. The number of aromatic amines is 1. The van der Waals surface area contributed by atoms with E-state index >= 15 is 0 Å². The van der Waals surface area contributed by atoms with Crippen molar-refractivity contribution in [3.63, 3.8) is 0 Å². The second kappa shape index (κ2) is 3.60. The first kappa shape index (κ1) is 10.6. The lowest BCUT2D eigenvalue weighted by Gasteiger charge is -2.24. The first-order valence-electron chi connectivity index (χ1n) is 4.94. The number of hydrogen-bond acceptors (Lipinski definition) is 5. The van der Waals surface area contributed by atoms with Gasteiger partial charge in [0.15, 0.2) is 5.65 Å². The molecule has 4 N–H and O–H groups in total. The first-order chi connectivity index (χ1) is 7.52. The zero-order valence-corrected chi connectivity index (χ0v) is 9.19. The summed E-state index contributed by atoms with van der Waals surface area (Å²) < 4.78 is 1.20. The Balaban J connectivity index is 2.39. The van der Waals surface area contributed by atoms with E-state index in [-0.39, 0.29) is 11.2 Å². The molecule has 16 heavy (non-hydrogen) atoms. The van der Waals surface area contributed by atoms with Crippen molar-refractivity contribution in [2.75, 3.05) is 11.9 Å². The summed E-state index contributed by atoms with van der Waals surface area (Å²) in [6.45, 7) is 4.38. The highest BCUT2D eigenvalue weighted by Crippen LogP contribution is 2.10. The molecule has 0 saturated carbocycles. The van der Waals surface area contributed by atoms with Crippen molar-refractivity contribution in [1.82, 2.24) is 19.8 Å². The van der Waals surface area contributed by atoms with Crippen molar-refractivity contribution < 1.29 is 0 Å². The SMILES string of the molecule is CC(C)(CN)Nc1ccc2n[nH]c(=O)n2n1. The van der Waals surface area contributed by atoms with E-state index in [0.29, 0.717) is 18.0 Å². The molecule has 0 aliphatic rings. The van der Waals surface area contributed by atoms with Gasteiger partial charge in [-0.2, -0.15) is 9.61 Å². The predicted octanol–water partition coefficient (Wildman–Crippen LogP) is -0.433. The number of anilines is 1. The van der Waals surface area contributed by atoms with Crippen molar-refractivity contribution in [2.45, 2.75) is 19.4 Å². The van der Waals surface area contributed by atoms with Crippen LogP contribution in [0.4, 0.5) is 5.82 Å². The fraction of sp³-hybridized carbons (Fsp3) is 0.444. The summed E-state index contributed by atoms with van der Waals surface area (Å²) in [5.41, 5.74) is 5.46. The Labute approximate surface area is 91.7 Å². The smallest absolute Gasteiger partial charge is 0.362 e. The highest BCUT2D eigenvalue weighted by molar-refractivity contribution is 5.44. The normalized spacial score (nSPS) is 11.9. The lowest BCUT2D eigenvalue weighted by molar-refractivity contribution is 0.575. The maximum Gasteiger partial charge on any atom is 0.364 e. The average Bonchev–Trinajstić information content (AvgIpc) is 2.60. The van der Waals surface area contributed by atoms with Gasteiger partial charge in [-0.05, 0) is 26.0 Å². The molecule has 2 rings (SSSR count). The van der Waals surface area contributed by atoms with Gasteiger partial charge in [-0.25, -0.2) is 9.89 Å². The van der Waals surface area contributed by atoms with Gasteiger partial charge >= 0.3 is 5.69 Å². The Bertz CT molecular complexity index is 554. The maximum absolute atomic E-state index is 11.3. The third-order valence-electron chi connectivity index (χ3n) is 2.25. The Morgan fingerprint density at radius 2 is 2.31 bits per heavy atom. The van der Waals surface area contributed by atoms with Crippen LogP contribution in [0.15, 0.2) is 16.9 Å². The van der Waals surface area contributed by atoms with Gasteiger partial charge in [0.1, 0.15) is 5.82 Å². The Kier molecular flexibility index (Phi) is 2.39. The molecule has 0 spiro atoms. The molecular formula is C9H14N6O. The minimum Gasteiger partial charge on any atom is -0.362 e. The largest absolute Gasteiger partial charge is 0.364 e. The molecular weight excluding hydrogens is 208 g/mol. The van der Waals surface area contributed by atoms with Crippen LogP contribution in [0.5, 0.6) is 0 Å². The van der Waals surface area contributed by atoms with Gasteiger partial charge in [0.25, 0.3) is 0 Å². The molecule has 0 bridgehead atoms. The van der Waals surface area contributed by atoms with Gasteiger partial charge in [-0.1, -0.05) is 0 Å². The zero-order valence-electron chi connectivity index (χ0n) is 9.19. The number of rotatable bonds is 3. The molecule has 0 radical (unpaired) electrons. The molecule has 0 aromatic carbocycles. The number of fused-ring (bicyclic) bond motifs is 1. The summed E-state index contributed by atoms with van der Waals surface area (Å²) in [4.78, 5) is 11.3. The lowest BCUT2D eigenvalue weighted by Crippen LogP contribution is -2.39. The topological polar surface area (TPSA) is 101 Å². The molecule has 0 saturated heterocycles. The number of H-pyrrole nitrogens is 1. The van der Waals surface area contributed by atoms with Crippen molar-refractivity contribution in [3.8, 4) is 0 Å². The zero-order chi connectivity index (χ0) is 11.8. The first-order valence-corrected chi connectivity index (χ1v) is 4.94. The van der Waals surface area contributed by atoms with Crippen LogP contribution in [0.3, 0.4) is 0 Å². The molecule has 0 aliphatic carbocycles. The van der Waals surface area contributed by atoms with Crippen molar-refractivity contribution in [3.05, 3.63) is 22.6 Å². The third kappa shape index (κ3) is 1.89. The van der Waals surface area contributed by atoms with E-state index in [2.05, 4.69) is 20.6 Å². The minimum atomic E-state index is -0.357. The van der Waals surface area contributed by atoms with Crippen molar-refractivity contribution >= 4 is 11.5 Å². The van der Waals surface area contributed by atoms with Crippen LogP contribution in [0, 0.1) is 0 Å². The van der Waals surface area contributed by atoms with Crippen LogP contribution in [-0.2, 0) is 0 Å². The molecule has 7 heteroatoms. The van der Waals surface area contributed by atoms with Gasteiger partial charge in [0.05, 0.1) is 0 Å². The Morgan fingerprint density at radius 3 is 3.00 bits per heavy atom. The number of nitrogens with two attached hydrogens (primary N) is 1. The van der Waals surface area contributed by atoms with Crippen LogP contribution < -0.4 is 16.7 Å². The van der Waals surface area contributed by atoms with Crippen LogP contribution >= 0.6 is 0 Å². The van der Waals surface area contributed by atoms with Gasteiger partial charge in [-0.15, -0.1) is 5.10 Å². The molecule has 0 unspecified atom stereocenters. The molecule has 7 nitrogen and oxygen atoms in total. The number of hydrogen-bond donors (Lipinski definition) is 3. The van der Waals surface area contributed by atoms with Crippen molar-refractivity contribution in [2.24, 2.45) is 5.73 Å². The fourth-order valence-electron chi connectivity index (χ4n) is 1.27. The summed E-state index contributed by atoms with van der Waals surface area (Å²) in [6, 6.07) is 3.47. The van der Waals surface area contributed by atoms with Crippen LogP contribution in [0.25, 0.3) is 5.65 Å². The lowest BCUT2D eigenvalue weighted by atomic mass is 10.1. The minimum absolute atomic E-state index is 0.270. The average molecular weight is 222 g/mol. The van der Waals surface area contributed by atoms with E-state index < -0.39 is 0 Å². The summed E-state index contributed by atoms with van der Waals surface area (Å²) in [5, 5.41) is 13.4. The molecule has 0 amide bonds. The summed E-state index contributed by atoms with van der Waals surface area (Å²) in [6.07, 6.45) is 0. The van der Waals surface area contributed by atoms with Gasteiger partial charge in [-0.3, -0.25) is 0 Å². The van der Waals surface area contributed by atoms with Crippen LogP contribution in [0.1, 0.15) is 13.8 Å². The van der Waals surface area contributed by atoms with Crippen molar-refractivity contribution in [1.29, 1.82) is 0 Å². The van der Waals surface area contributed by atoms with Crippen LogP contribution in [-0.4, -0.2) is 31.9 Å². The maximum atomic E-state index is 11.3. The predicted molar refractivity (Wildman–Crippen MR) is 60.4 cm³/mol. The number of aromatic nitrogens is 4. The summed E-state index contributed by atoms with van der Waals surface area (Å²) >= 11 is 0. The standard InChI is InChI=1S/C9H14N6O/c1-9(2,5-10)11-6-3-4-7-12-13-8(16)15(7)14-6/h3-4H,5,10H2,1-2H3,(H,11,14)(H,13,16). The quantitative estimate of drug-likeness (QED) is 0.654. The second-order valence-corrected chi connectivity index (χ2v) is 4.23. The molecule has 2 heterocycles. The number of nitrogens with one attached hydrogen (secondary N) is 2. The fourth-order valence-corrected chi connectivity index (χ4v) is 1.27. The molecule has 0 fully saturated rings. The van der Waals surface area contributed by atoms with E-state index in [0.717, 1.165) is 0 Å². The van der Waals surface area contributed by atoms with Gasteiger partial charge in [0.2, 0.25) is 0 Å². The highest BCUT2D eigenvalue weighted by Gasteiger charge is 2.15. The Hall–Kier alpha value is -1.89. The summed E-state index contributed by atoms with van der Waals surface area (Å²) in [5.74, 6) is 0.589. The molecule has 0 aliphatic heterocycles. The second-order valence-electron chi connectivity index (χ2n) is 4.23. The van der Waals surface area contributed by atoms with Gasteiger partial charge in [0, 0.05) is 12.1 Å². The van der Waals surface area contributed by atoms with E-state index in [1.54, 1.807) is 12.1 Å².